The lowest BCUT2D eigenvalue weighted by Gasteiger charge is -2.10. The Morgan fingerprint density at radius 3 is 2.32 bits per heavy atom. The van der Waals surface area contributed by atoms with E-state index in [2.05, 4.69) is 10.6 Å². The molecule has 0 unspecified atom stereocenters. The molecule has 2 aromatic carbocycles. The van der Waals surface area contributed by atoms with Crippen molar-refractivity contribution in [3.63, 3.8) is 0 Å². The average Bonchev–Trinajstić information content (AvgIpc) is 2.60. The maximum absolute atomic E-state index is 12.2. The lowest BCUT2D eigenvalue weighted by molar-refractivity contribution is 0.102. The van der Waals surface area contributed by atoms with Crippen LogP contribution in [-0.4, -0.2) is 18.6 Å². The van der Waals surface area contributed by atoms with Crippen molar-refractivity contribution in [1.29, 1.82) is 5.26 Å². The summed E-state index contributed by atoms with van der Waals surface area (Å²) in [6.45, 7) is 4.24. The van der Waals surface area contributed by atoms with Crippen molar-refractivity contribution in [3.05, 3.63) is 59.7 Å². The van der Waals surface area contributed by atoms with E-state index in [-0.39, 0.29) is 11.8 Å². The van der Waals surface area contributed by atoms with Gasteiger partial charge in [0.05, 0.1) is 18.2 Å². The van der Waals surface area contributed by atoms with Crippen molar-refractivity contribution in [2.75, 3.05) is 17.2 Å². The highest BCUT2D eigenvalue weighted by molar-refractivity contribution is 6.04. The quantitative estimate of drug-likeness (QED) is 0.862. The second-order valence-corrected chi connectivity index (χ2v) is 5.84. The average molecular weight is 337 g/mol. The largest absolute Gasteiger partial charge is 0.449 e. The van der Waals surface area contributed by atoms with Crippen LogP contribution in [0, 0.1) is 17.2 Å². The van der Waals surface area contributed by atoms with Gasteiger partial charge in [-0.15, -0.1) is 0 Å². The van der Waals surface area contributed by atoms with Crippen molar-refractivity contribution in [3.8, 4) is 6.07 Å². The Morgan fingerprint density at radius 1 is 1.08 bits per heavy atom. The lowest BCUT2D eigenvalue weighted by atomic mass is 10.1. The highest BCUT2D eigenvalue weighted by Crippen LogP contribution is 2.16. The van der Waals surface area contributed by atoms with Gasteiger partial charge in [0.1, 0.15) is 0 Å². The first-order chi connectivity index (χ1) is 12.0. The van der Waals surface area contributed by atoms with E-state index in [1.165, 1.54) is 0 Å². The van der Waals surface area contributed by atoms with Crippen molar-refractivity contribution in [1.82, 2.24) is 0 Å². The van der Waals surface area contributed by atoms with E-state index in [0.29, 0.717) is 29.1 Å². The Kier molecular flexibility index (Phi) is 6.13. The van der Waals surface area contributed by atoms with E-state index in [1.54, 1.807) is 48.5 Å². The normalized spacial score (nSPS) is 10.0. The first-order valence-electron chi connectivity index (χ1n) is 7.83. The third-order valence-corrected chi connectivity index (χ3v) is 3.19. The van der Waals surface area contributed by atoms with Gasteiger partial charge < -0.3 is 10.1 Å². The summed E-state index contributed by atoms with van der Waals surface area (Å²) in [5, 5.41) is 14.1. The van der Waals surface area contributed by atoms with Crippen LogP contribution in [0.2, 0.25) is 0 Å². The molecule has 0 spiro atoms. The molecule has 2 amide bonds. The fourth-order valence-corrected chi connectivity index (χ4v) is 1.97. The molecule has 2 aromatic rings. The fraction of sp³-hybridized carbons (Fsp3) is 0.211. The number of nitrogens with one attached hydrogen (secondary N) is 2. The summed E-state index contributed by atoms with van der Waals surface area (Å²) in [6.07, 6.45) is -0.538. The van der Waals surface area contributed by atoms with Crippen LogP contribution in [0.25, 0.3) is 0 Å². The third kappa shape index (κ3) is 5.66. The number of rotatable bonds is 5. The predicted octanol–water partition coefficient (Wildman–Crippen LogP) is 4.02. The van der Waals surface area contributed by atoms with Gasteiger partial charge in [-0.25, -0.2) is 4.79 Å². The molecule has 0 atom stereocenters. The van der Waals surface area contributed by atoms with E-state index >= 15 is 0 Å². The fourth-order valence-electron chi connectivity index (χ4n) is 1.97. The zero-order valence-electron chi connectivity index (χ0n) is 14.1. The van der Waals surface area contributed by atoms with Gasteiger partial charge in [-0.2, -0.15) is 5.26 Å². The second-order valence-electron chi connectivity index (χ2n) is 5.84. The molecule has 2 rings (SSSR count). The SMILES string of the molecule is CC(C)COC(=O)Nc1cccc(NC(=O)c2ccc(C#N)cc2)c1. The minimum atomic E-state index is -0.538. The zero-order chi connectivity index (χ0) is 18.2. The van der Waals surface area contributed by atoms with Gasteiger partial charge in [-0.1, -0.05) is 19.9 Å². The molecule has 0 aliphatic carbocycles. The first kappa shape index (κ1) is 18.0. The van der Waals surface area contributed by atoms with Crippen LogP contribution in [0.4, 0.5) is 16.2 Å². The Hall–Kier alpha value is -3.33. The summed E-state index contributed by atoms with van der Waals surface area (Å²) >= 11 is 0. The number of hydrogen-bond acceptors (Lipinski definition) is 4. The van der Waals surface area contributed by atoms with Crippen LogP contribution in [-0.2, 0) is 4.74 Å². The highest BCUT2D eigenvalue weighted by atomic mass is 16.5. The molecule has 0 saturated heterocycles. The summed E-state index contributed by atoms with van der Waals surface area (Å²) < 4.78 is 5.06. The Morgan fingerprint density at radius 2 is 1.72 bits per heavy atom. The number of hydrogen-bond donors (Lipinski definition) is 2. The van der Waals surface area contributed by atoms with Crippen LogP contribution in [0.1, 0.15) is 29.8 Å². The van der Waals surface area contributed by atoms with Gasteiger partial charge in [-0.3, -0.25) is 10.1 Å². The zero-order valence-corrected chi connectivity index (χ0v) is 14.1. The monoisotopic (exact) mass is 337 g/mol. The number of ether oxygens (including phenoxy) is 1. The van der Waals surface area contributed by atoms with Crippen LogP contribution >= 0.6 is 0 Å². The summed E-state index contributed by atoms with van der Waals surface area (Å²) in [5.74, 6) is -0.0483. The molecule has 6 nitrogen and oxygen atoms in total. The smallest absolute Gasteiger partial charge is 0.411 e. The minimum Gasteiger partial charge on any atom is -0.449 e. The third-order valence-electron chi connectivity index (χ3n) is 3.19. The molecule has 0 heterocycles. The number of nitrogens with zero attached hydrogens (tertiary/aromatic N) is 1. The molecular formula is C19H19N3O3. The van der Waals surface area contributed by atoms with Crippen LogP contribution < -0.4 is 10.6 Å². The molecule has 6 heteroatoms. The summed E-state index contributed by atoms with van der Waals surface area (Å²) in [7, 11) is 0. The van der Waals surface area contributed by atoms with Crippen molar-refractivity contribution in [2.24, 2.45) is 5.92 Å². The Labute approximate surface area is 146 Å². The molecule has 0 aliphatic rings. The van der Waals surface area contributed by atoms with Crippen LogP contribution in [0.5, 0.6) is 0 Å². The maximum atomic E-state index is 12.2. The molecular weight excluding hydrogens is 318 g/mol. The number of benzene rings is 2. The molecule has 0 bridgehead atoms. The number of carbonyl (C=O) groups is 2. The molecule has 0 saturated carbocycles. The Bertz CT molecular complexity index is 792. The first-order valence-corrected chi connectivity index (χ1v) is 7.83. The molecule has 0 fully saturated rings. The summed E-state index contributed by atoms with van der Waals surface area (Å²) in [6, 6.07) is 15.1. The molecule has 0 aromatic heterocycles. The van der Waals surface area contributed by atoms with Crippen LogP contribution in [0.15, 0.2) is 48.5 Å². The van der Waals surface area contributed by atoms with Gasteiger partial charge in [0, 0.05) is 16.9 Å². The molecule has 0 aliphatic heterocycles. The summed E-state index contributed by atoms with van der Waals surface area (Å²) in [5.41, 5.74) is 1.98. The van der Waals surface area contributed by atoms with Gasteiger partial charge in [0.2, 0.25) is 0 Å². The maximum Gasteiger partial charge on any atom is 0.411 e. The molecule has 128 valence electrons. The summed E-state index contributed by atoms with van der Waals surface area (Å²) in [4.78, 5) is 23.9. The topological polar surface area (TPSA) is 91.2 Å². The highest BCUT2D eigenvalue weighted by Gasteiger charge is 2.08. The number of amides is 2. The van der Waals surface area contributed by atoms with Gasteiger partial charge in [-0.05, 0) is 48.4 Å². The molecule has 2 N–H and O–H groups in total. The number of nitriles is 1. The standard InChI is InChI=1S/C19H19N3O3/c1-13(2)12-25-19(24)22-17-5-3-4-16(10-17)21-18(23)15-8-6-14(11-20)7-9-15/h3-10,13H,12H2,1-2H3,(H,21,23)(H,22,24). The molecule has 0 radical (unpaired) electrons. The van der Waals surface area contributed by atoms with E-state index < -0.39 is 6.09 Å². The van der Waals surface area contributed by atoms with Gasteiger partial charge in [0.25, 0.3) is 5.91 Å². The van der Waals surface area contributed by atoms with Crippen molar-refractivity contribution >= 4 is 23.4 Å². The Balaban J connectivity index is 1.99. The van der Waals surface area contributed by atoms with E-state index in [0.717, 1.165) is 0 Å². The number of carbonyl (C=O) groups excluding carboxylic acids is 2. The van der Waals surface area contributed by atoms with Gasteiger partial charge >= 0.3 is 6.09 Å². The molecule has 25 heavy (non-hydrogen) atoms. The van der Waals surface area contributed by atoms with E-state index in [4.69, 9.17) is 10.00 Å². The number of anilines is 2. The van der Waals surface area contributed by atoms with Crippen LogP contribution in [0.3, 0.4) is 0 Å². The van der Waals surface area contributed by atoms with Gasteiger partial charge in [0.15, 0.2) is 0 Å². The van der Waals surface area contributed by atoms with Crippen molar-refractivity contribution in [2.45, 2.75) is 13.8 Å². The second kappa shape index (κ2) is 8.50. The predicted molar refractivity (Wildman–Crippen MR) is 95.4 cm³/mol. The minimum absolute atomic E-state index is 0.254. The van der Waals surface area contributed by atoms with Crippen molar-refractivity contribution < 1.29 is 14.3 Å². The van der Waals surface area contributed by atoms with E-state index in [9.17, 15) is 9.59 Å². The lowest BCUT2D eigenvalue weighted by Crippen LogP contribution is -2.17. The van der Waals surface area contributed by atoms with E-state index in [1.807, 2.05) is 19.9 Å².